The molecule has 0 aliphatic heterocycles. The highest BCUT2D eigenvalue weighted by Gasteiger charge is 2.27. The second kappa shape index (κ2) is 6.14. The Morgan fingerprint density at radius 3 is 2.38 bits per heavy atom. The molecule has 1 N–H and O–H groups in total. The van der Waals surface area contributed by atoms with Crippen LogP contribution < -0.4 is 0 Å². The molecule has 0 aromatic carbocycles. The summed E-state index contributed by atoms with van der Waals surface area (Å²) in [6.07, 6.45) is 0. The molecule has 0 radical (unpaired) electrons. The highest BCUT2D eigenvalue weighted by Crippen LogP contribution is 2.37. The van der Waals surface area contributed by atoms with Gasteiger partial charge in [0.25, 0.3) is 0 Å². The quantitative estimate of drug-likeness (QED) is 0.858. The lowest BCUT2D eigenvalue weighted by atomic mass is 10.2. The van der Waals surface area contributed by atoms with Crippen LogP contribution in [0.15, 0.2) is 14.3 Å². The van der Waals surface area contributed by atoms with Gasteiger partial charge in [-0.1, -0.05) is 13.8 Å². The van der Waals surface area contributed by atoms with Crippen molar-refractivity contribution in [3.05, 3.63) is 19.2 Å². The number of nitrogens with zero attached hydrogens (tertiary/aromatic N) is 1. The predicted octanol–water partition coefficient (Wildman–Crippen LogP) is 3.74. The minimum absolute atomic E-state index is 0.553. The molecule has 0 saturated carbocycles. The molecule has 0 amide bonds. The first-order valence-electron chi connectivity index (χ1n) is 4.92. The molecular weight excluding hydrogens is 358 g/mol. The maximum atomic E-state index is 11.3. The third-order valence-electron chi connectivity index (χ3n) is 2.35. The number of carboxylic acid groups (broad SMARTS) is 1. The minimum Gasteiger partial charge on any atom is -0.480 e. The largest absolute Gasteiger partial charge is 0.480 e. The third kappa shape index (κ3) is 3.06. The van der Waals surface area contributed by atoms with E-state index < -0.39 is 12.0 Å². The summed E-state index contributed by atoms with van der Waals surface area (Å²) in [6, 6.07) is 1.31. The molecule has 1 aromatic heterocycles. The van der Waals surface area contributed by atoms with Crippen LogP contribution in [0.3, 0.4) is 0 Å². The fourth-order valence-corrected chi connectivity index (χ4v) is 3.76. The average molecular weight is 371 g/mol. The van der Waals surface area contributed by atoms with Crippen molar-refractivity contribution in [3.8, 4) is 0 Å². The first-order chi connectivity index (χ1) is 7.51. The molecular formula is C10H13Br2NO2S. The van der Waals surface area contributed by atoms with Crippen LogP contribution in [0.1, 0.15) is 24.8 Å². The lowest BCUT2D eigenvalue weighted by Crippen LogP contribution is -2.33. The van der Waals surface area contributed by atoms with Crippen molar-refractivity contribution in [2.45, 2.75) is 19.9 Å². The van der Waals surface area contributed by atoms with Crippen molar-refractivity contribution in [2.24, 2.45) is 0 Å². The summed E-state index contributed by atoms with van der Waals surface area (Å²) in [4.78, 5) is 14.1. The van der Waals surface area contributed by atoms with E-state index >= 15 is 0 Å². The number of rotatable bonds is 5. The Labute approximate surface area is 116 Å². The first kappa shape index (κ1) is 14.2. The van der Waals surface area contributed by atoms with E-state index in [0.29, 0.717) is 0 Å². The van der Waals surface area contributed by atoms with Crippen LogP contribution in [0.5, 0.6) is 0 Å². The number of likely N-dealkylation sites (N-methyl/N-ethyl adjacent to an activating group) is 1. The Kier molecular flexibility index (Phi) is 5.43. The van der Waals surface area contributed by atoms with E-state index in [1.165, 1.54) is 11.3 Å². The maximum absolute atomic E-state index is 11.3. The molecule has 3 nitrogen and oxygen atoms in total. The second-order valence-corrected chi connectivity index (χ2v) is 6.49. The van der Waals surface area contributed by atoms with Crippen molar-refractivity contribution in [1.29, 1.82) is 0 Å². The predicted molar refractivity (Wildman–Crippen MR) is 73.0 cm³/mol. The smallest absolute Gasteiger partial charge is 0.326 e. The van der Waals surface area contributed by atoms with Crippen molar-refractivity contribution < 1.29 is 9.90 Å². The van der Waals surface area contributed by atoms with Gasteiger partial charge >= 0.3 is 5.97 Å². The molecule has 0 saturated heterocycles. The number of thiophene rings is 1. The SMILES string of the molecule is CCN(CC)C(C(=O)O)c1cc(Br)c(Br)s1. The van der Waals surface area contributed by atoms with Crippen molar-refractivity contribution >= 4 is 49.2 Å². The number of aliphatic carboxylic acids is 1. The van der Waals surface area contributed by atoms with Crippen molar-refractivity contribution in [2.75, 3.05) is 13.1 Å². The molecule has 0 bridgehead atoms. The Morgan fingerprint density at radius 1 is 1.50 bits per heavy atom. The molecule has 0 aliphatic rings. The van der Waals surface area contributed by atoms with Crippen LogP contribution in [0.25, 0.3) is 0 Å². The Hall–Kier alpha value is 0.0900. The lowest BCUT2D eigenvalue weighted by molar-refractivity contribution is -0.143. The summed E-state index contributed by atoms with van der Waals surface area (Å²) in [6.45, 7) is 5.38. The normalized spacial score (nSPS) is 13.1. The van der Waals surface area contributed by atoms with Crippen LogP contribution in [-0.4, -0.2) is 29.1 Å². The zero-order chi connectivity index (χ0) is 12.3. The van der Waals surface area contributed by atoms with E-state index in [1.807, 2.05) is 24.8 Å². The van der Waals surface area contributed by atoms with Gasteiger partial charge in [-0.05, 0) is 51.0 Å². The van der Waals surface area contributed by atoms with Gasteiger partial charge in [-0.25, -0.2) is 0 Å². The number of carboxylic acids is 1. The summed E-state index contributed by atoms with van der Waals surface area (Å²) in [5.74, 6) is -0.801. The molecule has 1 rings (SSSR count). The standard InChI is InChI=1S/C10H13Br2NO2S/c1-3-13(4-2)8(10(14)15)7-5-6(11)9(12)16-7/h5,8H,3-4H2,1-2H3,(H,14,15). The minimum atomic E-state index is -0.801. The fraction of sp³-hybridized carbons (Fsp3) is 0.500. The van der Waals surface area contributed by atoms with Gasteiger partial charge in [-0.2, -0.15) is 0 Å². The van der Waals surface area contributed by atoms with E-state index in [1.54, 1.807) is 0 Å². The molecule has 0 spiro atoms. The highest BCUT2D eigenvalue weighted by molar-refractivity contribution is 9.13. The van der Waals surface area contributed by atoms with Gasteiger partial charge in [0.2, 0.25) is 0 Å². The van der Waals surface area contributed by atoms with Gasteiger partial charge in [-0.3, -0.25) is 9.69 Å². The van der Waals surface area contributed by atoms with Gasteiger partial charge in [0.05, 0.1) is 3.79 Å². The number of hydrogen-bond acceptors (Lipinski definition) is 3. The second-order valence-electron chi connectivity index (χ2n) is 3.23. The van der Waals surface area contributed by atoms with Crippen LogP contribution in [0.4, 0.5) is 0 Å². The molecule has 6 heteroatoms. The van der Waals surface area contributed by atoms with Gasteiger partial charge < -0.3 is 5.11 Å². The molecule has 1 unspecified atom stereocenters. The summed E-state index contributed by atoms with van der Waals surface area (Å²) in [5.41, 5.74) is 0. The van der Waals surface area contributed by atoms with Gasteiger partial charge in [0, 0.05) is 9.35 Å². The first-order valence-corrected chi connectivity index (χ1v) is 7.33. The van der Waals surface area contributed by atoms with Gasteiger partial charge in [0.15, 0.2) is 0 Å². The van der Waals surface area contributed by atoms with Gasteiger partial charge in [-0.15, -0.1) is 11.3 Å². The number of hydrogen-bond donors (Lipinski definition) is 1. The van der Waals surface area contributed by atoms with Crippen LogP contribution >= 0.6 is 43.2 Å². The Balaban J connectivity index is 3.06. The zero-order valence-corrected chi connectivity index (χ0v) is 13.0. The van der Waals surface area contributed by atoms with Crippen molar-refractivity contribution in [1.82, 2.24) is 4.90 Å². The van der Waals surface area contributed by atoms with E-state index in [0.717, 1.165) is 26.2 Å². The summed E-state index contributed by atoms with van der Waals surface area (Å²) < 4.78 is 1.84. The average Bonchev–Trinajstić information content (AvgIpc) is 2.54. The van der Waals surface area contributed by atoms with Crippen molar-refractivity contribution in [3.63, 3.8) is 0 Å². The fourth-order valence-electron chi connectivity index (χ4n) is 1.54. The Bertz CT molecular complexity index is 357. The molecule has 0 aliphatic carbocycles. The number of halogens is 2. The maximum Gasteiger partial charge on any atom is 0.326 e. The Morgan fingerprint density at radius 2 is 2.06 bits per heavy atom. The molecule has 90 valence electrons. The van der Waals surface area contributed by atoms with Crippen LogP contribution in [-0.2, 0) is 4.79 Å². The van der Waals surface area contributed by atoms with E-state index in [-0.39, 0.29) is 0 Å². The monoisotopic (exact) mass is 369 g/mol. The topological polar surface area (TPSA) is 40.5 Å². The summed E-state index contributed by atoms with van der Waals surface area (Å²) in [7, 11) is 0. The molecule has 16 heavy (non-hydrogen) atoms. The molecule has 1 aromatic rings. The van der Waals surface area contributed by atoms with Gasteiger partial charge in [0.1, 0.15) is 6.04 Å². The molecule has 1 atom stereocenters. The lowest BCUT2D eigenvalue weighted by Gasteiger charge is -2.25. The third-order valence-corrected chi connectivity index (χ3v) is 5.65. The van der Waals surface area contributed by atoms with E-state index in [9.17, 15) is 9.90 Å². The van der Waals surface area contributed by atoms with E-state index in [2.05, 4.69) is 31.9 Å². The summed E-state index contributed by atoms with van der Waals surface area (Å²) >= 11 is 8.22. The van der Waals surface area contributed by atoms with E-state index in [4.69, 9.17) is 0 Å². The van der Waals surface area contributed by atoms with Crippen LogP contribution in [0.2, 0.25) is 0 Å². The molecule has 0 fully saturated rings. The summed E-state index contributed by atoms with van der Waals surface area (Å²) in [5, 5.41) is 9.29. The zero-order valence-electron chi connectivity index (χ0n) is 9.04. The van der Waals surface area contributed by atoms with Crippen LogP contribution in [0, 0.1) is 0 Å². The highest BCUT2D eigenvalue weighted by atomic mass is 79.9. The molecule has 1 heterocycles. The number of carbonyl (C=O) groups is 1.